The third-order valence-electron chi connectivity index (χ3n) is 5.81. The van der Waals surface area contributed by atoms with E-state index in [4.69, 9.17) is 4.98 Å². The molecule has 7 heteroatoms. The zero-order chi connectivity index (χ0) is 19.3. The topological polar surface area (TPSA) is 78.0 Å². The number of likely N-dealkylation sites (tertiary alicyclic amines) is 1. The zero-order valence-corrected chi connectivity index (χ0v) is 16.7. The van der Waals surface area contributed by atoms with E-state index in [1.54, 1.807) is 6.07 Å². The van der Waals surface area contributed by atoms with Crippen molar-refractivity contribution in [3.05, 3.63) is 45.9 Å². The lowest BCUT2D eigenvalue weighted by molar-refractivity contribution is 0.198. The van der Waals surface area contributed by atoms with Crippen LogP contribution in [0.25, 0.3) is 0 Å². The molecule has 4 heterocycles. The van der Waals surface area contributed by atoms with Crippen molar-refractivity contribution in [2.75, 3.05) is 31.1 Å². The van der Waals surface area contributed by atoms with Gasteiger partial charge in [0.25, 0.3) is 5.56 Å². The second-order valence-corrected chi connectivity index (χ2v) is 7.98. The van der Waals surface area contributed by atoms with E-state index in [1.165, 1.54) is 19.3 Å². The third-order valence-corrected chi connectivity index (χ3v) is 5.81. The van der Waals surface area contributed by atoms with Gasteiger partial charge in [0.2, 0.25) is 5.95 Å². The Kier molecular flexibility index (Phi) is 6.00. The van der Waals surface area contributed by atoms with Crippen LogP contribution in [0, 0.1) is 0 Å². The number of hydrogen-bond acceptors (Lipinski definition) is 6. The average Bonchev–Trinajstić information content (AvgIpc) is 2.75. The Labute approximate surface area is 166 Å². The van der Waals surface area contributed by atoms with Gasteiger partial charge in [-0.2, -0.15) is 0 Å². The number of aryl methyl sites for hydroxylation is 1. The monoisotopic (exact) mass is 382 g/mol. The fourth-order valence-electron chi connectivity index (χ4n) is 4.27. The summed E-state index contributed by atoms with van der Waals surface area (Å²) in [5.41, 5.74) is 2.04. The largest absolute Gasteiger partial charge is 0.342 e. The molecular weight excluding hydrogens is 352 g/mol. The van der Waals surface area contributed by atoms with Crippen LogP contribution in [0.1, 0.15) is 62.0 Å². The molecule has 150 valence electrons. The highest BCUT2D eigenvalue weighted by atomic mass is 16.1. The molecule has 0 aromatic carbocycles. The minimum absolute atomic E-state index is 0.0359. The summed E-state index contributed by atoms with van der Waals surface area (Å²) in [6, 6.07) is 1.70. The first kappa shape index (κ1) is 19.1. The van der Waals surface area contributed by atoms with Crippen molar-refractivity contribution in [2.45, 2.75) is 57.9 Å². The molecule has 1 atom stereocenters. The molecule has 0 radical (unpaired) electrons. The van der Waals surface area contributed by atoms with E-state index in [-0.39, 0.29) is 5.56 Å². The van der Waals surface area contributed by atoms with Crippen molar-refractivity contribution in [1.29, 1.82) is 0 Å². The van der Waals surface area contributed by atoms with Crippen LogP contribution in [-0.2, 0) is 13.0 Å². The van der Waals surface area contributed by atoms with E-state index in [2.05, 4.69) is 31.7 Å². The van der Waals surface area contributed by atoms with Gasteiger partial charge in [-0.15, -0.1) is 0 Å². The highest BCUT2D eigenvalue weighted by molar-refractivity contribution is 5.31. The Hall–Kier alpha value is -2.28. The summed E-state index contributed by atoms with van der Waals surface area (Å²) in [5.74, 6) is 1.94. The van der Waals surface area contributed by atoms with Crippen LogP contribution in [0.2, 0.25) is 0 Å². The molecule has 4 rings (SSSR count). The Morgan fingerprint density at radius 1 is 1.11 bits per heavy atom. The predicted molar refractivity (Wildman–Crippen MR) is 110 cm³/mol. The van der Waals surface area contributed by atoms with Crippen molar-refractivity contribution in [1.82, 2.24) is 24.8 Å². The lowest BCUT2D eigenvalue weighted by Gasteiger charge is -2.33. The quantitative estimate of drug-likeness (QED) is 0.856. The molecule has 2 aliphatic heterocycles. The Bertz CT molecular complexity index is 828. The van der Waals surface area contributed by atoms with Crippen LogP contribution in [0.3, 0.4) is 0 Å². The number of rotatable bonds is 5. The van der Waals surface area contributed by atoms with Gasteiger partial charge < -0.3 is 4.90 Å². The summed E-state index contributed by atoms with van der Waals surface area (Å²) in [4.78, 5) is 33.6. The van der Waals surface area contributed by atoms with Gasteiger partial charge in [0.1, 0.15) is 5.82 Å². The van der Waals surface area contributed by atoms with Gasteiger partial charge in [-0.1, -0.05) is 6.92 Å². The van der Waals surface area contributed by atoms with Crippen molar-refractivity contribution >= 4 is 5.95 Å². The second-order valence-electron chi connectivity index (χ2n) is 7.98. The molecule has 7 nitrogen and oxygen atoms in total. The first-order valence-electron chi connectivity index (χ1n) is 10.6. The van der Waals surface area contributed by atoms with E-state index < -0.39 is 0 Å². The van der Waals surface area contributed by atoms with Crippen molar-refractivity contribution in [3.8, 4) is 0 Å². The zero-order valence-electron chi connectivity index (χ0n) is 16.7. The summed E-state index contributed by atoms with van der Waals surface area (Å²) >= 11 is 0. The number of nitrogens with one attached hydrogen (secondary N) is 1. The van der Waals surface area contributed by atoms with Crippen LogP contribution in [0.15, 0.2) is 23.3 Å². The first-order chi connectivity index (χ1) is 13.7. The van der Waals surface area contributed by atoms with E-state index in [0.717, 1.165) is 75.0 Å². The molecular formula is C21H30N6O. The van der Waals surface area contributed by atoms with E-state index in [1.807, 2.05) is 12.4 Å². The molecule has 0 spiro atoms. The molecule has 2 saturated heterocycles. The molecule has 2 aromatic heterocycles. The Morgan fingerprint density at radius 3 is 2.64 bits per heavy atom. The molecule has 2 aliphatic rings. The minimum atomic E-state index is -0.0359. The fourth-order valence-corrected chi connectivity index (χ4v) is 4.27. The molecule has 0 amide bonds. The molecule has 0 saturated carbocycles. The van der Waals surface area contributed by atoms with Gasteiger partial charge in [-0.25, -0.2) is 15.0 Å². The van der Waals surface area contributed by atoms with Crippen molar-refractivity contribution in [3.63, 3.8) is 0 Å². The Balaban J connectivity index is 1.46. The lowest BCUT2D eigenvalue weighted by atomic mass is 9.94. The van der Waals surface area contributed by atoms with E-state index >= 15 is 0 Å². The maximum absolute atomic E-state index is 12.3. The van der Waals surface area contributed by atoms with Crippen LogP contribution in [-0.4, -0.2) is 51.0 Å². The molecule has 1 unspecified atom stereocenters. The van der Waals surface area contributed by atoms with Gasteiger partial charge in [0, 0.05) is 62.5 Å². The number of H-pyrrole nitrogens is 1. The summed E-state index contributed by atoms with van der Waals surface area (Å²) in [6.07, 6.45) is 10.5. The van der Waals surface area contributed by atoms with Gasteiger partial charge in [0.05, 0.1) is 5.69 Å². The van der Waals surface area contributed by atoms with Crippen LogP contribution < -0.4 is 10.5 Å². The van der Waals surface area contributed by atoms with Gasteiger partial charge >= 0.3 is 0 Å². The first-order valence-corrected chi connectivity index (χ1v) is 10.6. The number of nitrogens with zero attached hydrogens (tertiary/aromatic N) is 5. The van der Waals surface area contributed by atoms with Crippen LogP contribution in [0.5, 0.6) is 0 Å². The minimum Gasteiger partial charge on any atom is -0.342 e. The summed E-state index contributed by atoms with van der Waals surface area (Å²) in [6.45, 7) is 6.87. The number of aromatic nitrogens is 4. The standard InChI is InChI=1S/C21H30N6O/c1-2-19-22-12-16(13-23-19)14-26-8-6-7-17(15-26)18-11-20(28)25-21(24-18)27-9-4-3-5-10-27/h11-13,17H,2-10,14-15H2,1H3,(H,24,25,28). The summed E-state index contributed by atoms with van der Waals surface area (Å²) < 4.78 is 0. The fraction of sp³-hybridized carbons (Fsp3) is 0.619. The van der Waals surface area contributed by atoms with E-state index in [0.29, 0.717) is 5.92 Å². The van der Waals surface area contributed by atoms with Gasteiger partial charge in [-0.3, -0.25) is 14.7 Å². The van der Waals surface area contributed by atoms with Crippen molar-refractivity contribution in [2.24, 2.45) is 0 Å². The number of hydrogen-bond donors (Lipinski definition) is 1. The van der Waals surface area contributed by atoms with Crippen LogP contribution >= 0.6 is 0 Å². The Morgan fingerprint density at radius 2 is 1.89 bits per heavy atom. The van der Waals surface area contributed by atoms with Crippen LogP contribution in [0.4, 0.5) is 5.95 Å². The smallest absolute Gasteiger partial charge is 0.252 e. The lowest BCUT2D eigenvalue weighted by Crippen LogP contribution is -2.36. The molecule has 28 heavy (non-hydrogen) atoms. The molecule has 2 fully saturated rings. The molecule has 0 aliphatic carbocycles. The molecule has 1 N–H and O–H groups in total. The maximum Gasteiger partial charge on any atom is 0.252 e. The number of anilines is 1. The van der Waals surface area contributed by atoms with Gasteiger partial charge in [0.15, 0.2) is 0 Å². The second kappa shape index (κ2) is 8.82. The predicted octanol–water partition coefficient (Wildman–Crippen LogP) is 2.49. The highest BCUT2D eigenvalue weighted by Gasteiger charge is 2.24. The van der Waals surface area contributed by atoms with Gasteiger partial charge in [-0.05, 0) is 38.6 Å². The number of aromatic amines is 1. The third kappa shape index (κ3) is 4.58. The van der Waals surface area contributed by atoms with E-state index in [9.17, 15) is 4.79 Å². The molecule has 0 bridgehead atoms. The average molecular weight is 383 g/mol. The molecule has 2 aromatic rings. The highest BCUT2D eigenvalue weighted by Crippen LogP contribution is 2.27. The maximum atomic E-state index is 12.3. The summed E-state index contributed by atoms with van der Waals surface area (Å²) in [7, 11) is 0. The number of piperidine rings is 2. The normalized spacial score (nSPS) is 21.0. The summed E-state index contributed by atoms with van der Waals surface area (Å²) in [5, 5.41) is 0. The SMILES string of the molecule is CCc1ncc(CN2CCCC(c3cc(=O)[nH]c(N4CCCCC4)n3)C2)cn1. The van der Waals surface area contributed by atoms with Crippen molar-refractivity contribution < 1.29 is 0 Å².